The quantitative estimate of drug-likeness (QED) is 0.509. The predicted molar refractivity (Wildman–Crippen MR) is 134 cm³/mol. The maximum absolute atomic E-state index is 13.0. The molecule has 1 aliphatic rings. The van der Waals surface area contributed by atoms with Crippen molar-refractivity contribution in [3.63, 3.8) is 0 Å². The molecular formula is C28H38N2O6. The molecule has 36 heavy (non-hydrogen) atoms. The van der Waals surface area contributed by atoms with Crippen LogP contribution in [0.1, 0.15) is 65.9 Å². The van der Waals surface area contributed by atoms with E-state index in [0.29, 0.717) is 48.3 Å². The van der Waals surface area contributed by atoms with E-state index in [1.54, 1.807) is 26.2 Å². The van der Waals surface area contributed by atoms with E-state index >= 15 is 0 Å². The van der Waals surface area contributed by atoms with Gasteiger partial charge in [-0.1, -0.05) is 39.8 Å². The van der Waals surface area contributed by atoms with Crippen molar-refractivity contribution in [1.29, 1.82) is 0 Å². The predicted octanol–water partition coefficient (Wildman–Crippen LogP) is 5.50. The molecule has 3 rings (SSSR count). The zero-order valence-electron chi connectivity index (χ0n) is 22.1. The van der Waals surface area contributed by atoms with E-state index in [1.165, 1.54) is 12.8 Å². The average Bonchev–Trinajstić information content (AvgIpc) is 3.51. The molecule has 3 heterocycles. The van der Waals surface area contributed by atoms with Gasteiger partial charge in [-0.15, -0.1) is 0 Å². The lowest BCUT2D eigenvalue weighted by Gasteiger charge is -2.27. The maximum atomic E-state index is 13.0. The van der Waals surface area contributed by atoms with Crippen LogP contribution in [0.15, 0.2) is 57.3 Å². The van der Waals surface area contributed by atoms with Crippen LogP contribution in [0.2, 0.25) is 0 Å². The van der Waals surface area contributed by atoms with Gasteiger partial charge in [0.2, 0.25) is 0 Å². The third-order valence-electron chi connectivity index (χ3n) is 6.76. The van der Waals surface area contributed by atoms with E-state index in [2.05, 4.69) is 9.97 Å². The molecule has 1 unspecified atom stereocenters. The Kier molecular flexibility index (Phi) is 9.67. The summed E-state index contributed by atoms with van der Waals surface area (Å²) in [5, 5.41) is 0. The van der Waals surface area contributed by atoms with Crippen LogP contribution < -0.4 is 0 Å². The molecule has 0 bridgehead atoms. The summed E-state index contributed by atoms with van der Waals surface area (Å²) in [7, 11) is 0. The van der Waals surface area contributed by atoms with Crippen LogP contribution in [0.4, 0.5) is 0 Å². The second kappa shape index (κ2) is 12.7. The molecule has 0 N–H and O–H groups in total. The topological polar surface area (TPSA) is 105 Å². The molecule has 0 saturated heterocycles. The van der Waals surface area contributed by atoms with Gasteiger partial charge in [-0.2, -0.15) is 0 Å². The first-order valence-electron chi connectivity index (χ1n) is 12.7. The monoisotopic (exact) mass is 498 g/mol. The van der Waals surface area contributed by atoms with Crippen molar-refractivity contribution in [3.05, 3.63) is 60.0 Å². The van der Waals surface area contributed by atoms with Crippen LogP contribution >= 0.6 is 0 Å². The van der Waals surface area contributed by atoms with Crippen LogP contribution in [0.25, 0.3) is 0 Å². The summed E-state index contributed by atoms with van der Waals surface area (Å²) < 4.78 is 22.8. The Morgan fingerprint density at radius 3 is 1.44 bits per heavy atom. The second-order valence-electron chi connectivity index (χ2n) is 10.3. The van der Waals surface area contributed by atoms with Gasteiger partial charge in [0.25, 0.3) is 0 Å². The number of esters is 2. The molecule has 0 aromatic carbocycles. The minimum atomic E-state index is -0.384. The van der Waals surface area contributed by atoms with Crippen molar-refractivity contribution in [2.24, 2.45) is 23.7 Å². The normalized spacial score (nSPS) is 32.1. The SMILES string of the molecule is C/C1=C/[C@H](C)C[C@H](C)C(Cc2cnco2)OC(=O)/C(C)=C/[C@H](C)C[C@H](C)[C@H](Cc2cnco2)OC1=O. The van der Waals surface area contributed by atoms with Crippen LogP contribution in [0, 0.1) is 23.7 Å². The average molecular weight is 499 g/mol. The molecule has 0 radical (unpaired) electrons. The minimum absolute atomic E-state index is 0.0199. The molecule has 0 fully saturated rings. The standard InChI is InChI=1S/C28H38N2O6/c1-17-7-19(3)25(11-23-13-29-15-33-23)35-28(32)22(6)10-18(2)8-20(4)26(12-24-14-30-16-34-24)36-27(31)21(5)9-17/h9-10,13-20,25-26H,7-8,11-12H2,1-6H3/b21-9-,22-10+/t17-,18-,19+,20+,25?,26+/m1/s1. The summed E-state index contributed by atoms with van der Waals surface area (Å²) in [5.41, 5.74) is 1.12. The van der Waals surface area contributed by atoms with Crippen LogP contribution in [-0.2, 0) is 31.9 Å². The first kappa shape index (κ1) is 27.4. The Labute approximate surface area is 213 Å². The van der Waals surface area contributed by atoms with E-state index in [4.69, 9.17) is 18.3 Å². The summed E-state index contributed by atoms with van der Waals surface area (Å²) in [6.07, 6.45) is 11.4. The lowest BCUT2D eigenvalue weighted by molar-refractivity contribution is -0.147. The van der Waals surface area contributed by atoms with Gasteiger partial charge < -0.3 is 18.3 Å². The molecule has 6 atom stereocenters. The Morgan fingerprint density at radius 2 is 1.11 bits per heavy atom. The van der Waals surface area contributed by atoms with E-state index in [9.17, 15) is 9.59 Å². The molecule has 8 heteroatoms. The Balaban J connectivity index is 1.87. The molecule has 8 nitrogen and oxygen atoms in total. The van der Waals surface area contributed by atoms with Crippen LogP contribution in [0.3, 0.4) is 0 Å². The molecule has 2 aromatic heterocycles. The largest absolute Gasteiger partial charge is 0.458 e. The molecule has 0 aliphatic carbocycles. The number of rotatable bonds is 4. The fourth-order valence-corrected chi connectivity index (χ4v) is 4.86. The van der Waals surface area contributed by atoms with Gasteiger partial charge in [0.15, 0.2) is 12.8 Å². The number of hydrogen-bond donors (Lipinski definition) is 0. The van der Waals surface area contributed by atoms with Gasteiger partial charge in [-0.3, -0.25) is 0 Å². The van der Waals surface area contributed by atoms with Gasteiger partial charge in [0.1, 0.15) is 23.7 Å². The highest BCUT2D eigenvalue weighted by molar-refractivity contribution is 5.88. The molecule has 0 spiro atoms. The number of oxazole rings is 2. The molecule has 2 aromatic rings. The summed E-state index contributed by atoms with van der Waals surface area (Å²) in [6, 6.07) is 0. The van der Waals surface area contributed by atoms with Crippen molar-refractivity contribution >= 4 is 11.9 Å². The number of cyclic esters (lactones) is 2. The first-order valence-corrected chi connectivity index (χ1v) is 12.7. The fraction of sp³-hybridized carbons (Fsp3) is 0.571. The number of allylic oxidation sites excluding steroid dienone is 2. The van der Waals surface area contributed by atoms with Crippen LogP contribution in [0.5, 0.6) is 0 Å². The van der Waals surface area contributed by atoms with Crippen molar-refractivity contribution < 1.29 is 27.9 Å². The number of nitrogens with zero attached hydrogens (tertiary/aromatic N) is 2. The second-order valence-corrected chi connectivity index (χ2v) is 10.3. The molecule has 1 aliphatic heterocycles. The summed E-state index contributed by atoms with van der Waals surface area (Å²) in [5.74, 6) is 0.843. The third kappa shape index (κ3) is 7.93. The van der Waals surface area contributed by atoms with E-state index in [1.807, 2.05) is 39.8 Å². The van der Waals surface area contributed by atoms with Gasteiger partial charge >= 0.3 is 11.9 Å². The highest BCUT2D eigenvalue weighted by Crippen LogP contribution is 2.27. The summed E-state index contributed by atoms with van der Waals surface area (Å²) in [4.78, 5) is 34.0. The van der Waals surface area contributed by atoms with E-state index < -0.39 is 0 Å². The fourth-order valence-electron chi connectivity index (χ4n) is 4.86. The Bertz CT molecular complexity index is 956. The Hall–Kier alpha value is -3.16. The number of ether oxygens (including phenoxy) is 2. The van der Waals surface area contributed by atoms with E-state index in [0.717, 1.165) is 0 Å². The zero-order valence-corrected chi connectivity index (χ0v) is 22.1. The molecule has 0 saturated carbocycles. The summed E-state index contributed by atoms with van der Waals surface area (Å²) >= 11 is 0. The van der Waals surface area contributed by atoms with Crippen molar-refractivity contribution in [3.8, 4) is 0 Å². The smallest absolute Gasteiger partial charge is 0.333 e. The van der Waals surface area contributed by atoms with Crippen LogP contribution in [-0.4, -0.2) is 34.1 Å². The number of hydrogen-bond acceptors (Lipinski definition) is 8. The highest BCUT2D eigenvalue weighted by atomic mass is 16.5. The summed E-state index contributed by atoms with van der Waals surface area (Å²) in [6.45, 7) is 11.8. The van der Waals surface area contributed by atoms with Crippen molar-refractivity contribution in [2.75, 3.05) is 0 Å². The number of aromatic nitrogens is 2. The molecule has 0 amide bonds. The lowest BCUT2D eigenvalue weighted by Crippen LogP contribution is -2.30. The molecular weight excluding hydrogens is 460 g/mol. The lowest BCUT2D eigenvalue weighted by atomic mass is 9.88. The van der Waals surface area contributed by atoms with Gasteiger partial charge in [0.05, 0.1) is 12.4 Å². The Morgan fingerprint density at radius 1 is 0.722 bits per heavy atom. The van der Waals surface area contributed by atoms with Gasteiger partial charge in [0, 0.05) is 24.0 Å². The third-order valence-corrected chi connectivity index (χ3v) is 6.76. The zero-order chi connectivity index (χ0) is 26.2. The van der Waals surface area contributed by atoms with E-state index in [-0.39, 0.29) is 47.8 Å². The number of carbonyl (C=O) groups excluding carboxylic acids is 2. The number of carbonyl (C=O) groups is 2. The molecule has 196 valence electrons. The van der Waals surface area contributed by atoms with Crippen molar-refractivity contribution in [1.82, 2.24) is 9.97 Å². The minimum Gasteiger partial charge on any atom is -0.458 e. The first-order chi connectivity index (χ1) is 17.1. The maximum Gasteiger partial charge on any atom is 0.333 e. The van der Waals surface area contributed by atoms with Crippen molar-refractivity contribution in [2.45, 2.75) is 79.4 Å². The van der Waals surface area contributed by atoms with Gasteiger partial charge in [-0.05, 0) is 50.4 Å². The van der Waals surface area contributed by atoms with Gasteiger partial charge in [-0.25, -0.2) is 19.6 Å². The highest BCUT2D eigenvalue weighted by Gasteiger charge is 2.28.